The Balaban J connectivity index is 5.25. The monoisotopic (exact) mass is 1120 g/mol. The molecule has 0 spiro atoms. The number of likely N-dealkylation sites (N-methyl/N-ethyl adjacent to an activating group) is 1. The molecular formula is C69H125N2O7P. The Morgan fingerprint density at radius 3 is 1.18 bits per heavy atom. The molecule has 0 aromatic carbocycles. The third kappa shape index (κ3) is 59.6. The summed E-state index contributed by atoms with van der Waals surface area (Å²) in [4.78, 5) is 40.1. The molecule has 10 heteroatoms. The summed E-state index contributed by atoms with van der Waals surface area (Å²) in [6.45, 7) is 6.79. The molecule has 1 N–H and O–H groups in total. The van der Waals surface area contributed by atoms with Crippen LogP contribution in [-0.2, 0) is 27.9 Å². The van der Waals surface area contributed by atoms with Gasteiger partial charge in [0.1, 0.15) is 19.3 Å². The van der Waals surface area contributed by atoms with E-state index in [2.05, 4.69) is 99.0 Å². The molecule has 0 fully saturated rings. The van der Waals surface area contributed by atoms with E-state index in [1.54, 1.807) is 0 Å². The van der Waals surface area contributed by atoms with Crippen LogP contribution in [0.3, 0.4) is 0 Å². The normalized spacial score (nSPS) is 14.2. The minimum atomic E-state index is -4.71. The number of amides is 1. The van der Waals surface area contributed by atoms with Crippen LogP contribution in [0.1, 0.15) is 290 Å². The number of carbonyl (C=O) groups is 2. The highest BCUT2D eigenvalue weighted by Crippen LogP contribution is 2.38. The van der Waals surface area contributed by atoms with Crippen LogP contribution in [0.5, 0.6) is 0 Å². The van der Waals surface area contributed by atoms with Crippen LogP contribution < -0.4 is 10.2 Å². The van der Waals surface area contributed by atoms with Gasteiger partial charge in [0, 0.05) is 12.8 Å². The van der Waals surface area contributed by atoms with Gasteiger partial charge in [-0.05, 0) is 109 Å². The van der Waals surface area contributed by atoms with E-state index in [1.165, 1.54) is 148 Å². The van der Waals surface area contributed by atoms with E-state index in [0.717, 1.165) is 103 Å². The first kappa shape index (κ1) is 76.2. The number of nitrogens with zero attached hydrogens (tertiary/aromatic N) is 1. The number of phosphoric acid groups is 1. The van der Waals surface area contributed by atoms with Gasteiger partial charge >= 0.3 is 5.97 Å². The van der Waals surface area contributed by atoms with Crippen LogP contribution in [0.2, 0.25) is 0 Å². The molecule has 0 aliphatic carbocycles. The minimum absolute atomic E-state index is 0.0289. The molecule has 1 amide bonds. The van der Waals surface area contributed by atoms with Crippen molar-refractivity contribution < 1.29 is 37.3 Å². The average Bonchev–Trinajstić information content (AvgIpc) is 3.41. The Labute approximate surface area is 488 Å². The van der Waals surface area contributed by atoms with Gasteiger partial charge in [0.25, 0.3) is 7.82 Å². The third-order valence-corrected chi connectivity index (χ3v) is 15.3. The van der Waals surface area contributed by atoms with Crippen molar-refractivity contribution in [3.05, 3.63) is 85.1 Å². The smallest absolute Gasteiger partial charge is 0.306 e. The van der Waals surface area contributed by atoms with Crippen LogP contribution in [0.15, 0.2) is 85.1 Å². The summed E-state index contributed by atoms with van der Waals surface area (Å²) in [6.07, 6.45) is 76.8. The fraction of sp³-hybridized carbons (Fsp3) is 0.768. The van der Waals surface area contributed by atoms with Crippen molar-refractivity contribution in [3.63, 3.8) is 0 Å². The number of hydrogen-bond donors (Lipinski definition) is 1. The lowest BCUT2D eigenvalue weighted by Gasteiger charge is -2.30. The van der Waals surface area contributed by atoms with E-state index >= 15 is 0 Å². The van der Waals surface area contributed by atoms with Crippen molar-refractivity contribution in [3.8, 4) is 0 Å². The molecule has 0 aliphatic rings. The molecule has 0 rings (SSSR count). The summed E-state index contributed by atoms with van der Waals surface area (Å²) < 4.78 is 30.4. The number of hydrogen-bond acceptors (Lipinski definition) is 7. The first-order valence-corrected chi connectivity index (χ1v) is 34.4. The number of unbranched alkanes of at least 4 members (excludes halogenated alkanes) is 31. The van der Waals surface area contributed by atoms with Gasteiger partial charge in [-0.15, -0.1) is 0 Å². The van der Waals surface area contributed by atoms with Gasteiger partial charge in [0.2, 0.25) is 5.91 Å². The van der Waals surface area contributed by atoms with Crippen molar-refractivity contribution in [2.75, 3.05) is 40.9 Å². The van der Waals surface area contributed by atoms with Gasteiger partial charge in [-0.25, -0.2) is 0 Å². The Morgan fingerprint density at radius 2 is 0.772 bits per heavy atom. The quantitative estimate of drug-likeness (QED) is 0.0212. The van der Waals surface area contributed by atoms with Gasteiger partial charge in [0.15, 0.2) is 0 Å². The van der Waals surface area contributed by atoms with E-state index in [1.807, 2.05) is 33.3 Å². The van der Waals surface area contributed by atoms with Crippen molar-refractivity contribution in [2.24, 2.45) is 0 Å². The first-order chi connectivity index (χ1) is 38.4. The number of carbonyl (C=O) groups excluding carboxylic acids is 2. The molecule has 0 aliphatic heterocycles. The molecule has 0 saturated carbocycles. The molecule has 0 aromatic heterocycles. The maximum atomic E-state index is 13.6. The van der Waals surface area contributed by atoms with Crippen molar-refractivity contribution in [1.29, 1.82) is 0 Å². The predicted molar refractivity (Wildman–Crippen MR) is 339 cm³/mol. The fourth-order valence-electron chi connectivity index (χ4n) is 9.18. The molecule has 0 bridgehead atoms. The van der Waals surface area contributed by atoms with Crippen LogP contribution in [0.4, 0.5) is 0 Å². The Bertz CT molecular complexity index is 1630. The summed E-state index contributed by atoms with van der Waals surface area (Å²) >= 11 is 0. The molecule has 0 aromatic rings. The van der Waals surface area contributed by atoms with Crippen molar-refractivity contribution in [1.82, 2.24) is 5.32 Å². The molecule has 3 unspecified atom stereocenters. The SMILES string of the molecule is CCCCC/C=C\C/C=C\C/C=C\C/C=C\CCCCCCCCCC(=O)OC(/C=C\CCCCCCCCCCCCC)C(COP(=O)([O-])OCC[N+](C)(C)C)NC(=O)CCCCCCCCC/C=C\C/C=C\CCCCC. The number of allylic oxidation sites excluding steroid dienone is 13. The number of ether oxygens (including phenoxy) is 1. The van der Waals surface area contributed by atoms with Gasteiger partial charge < -0.3 is 28.5 Å². The number of rotatable bonds is 59. The molecular weight excluding hydrogens is 1000 g/mol. The minimum Gasteiger partial charge on any atom is -0.756 e. The lowest BCUT2D eigenvalue weighted by Crippen LogP contribution is -2.47. The Kier molecular flexibility index (Phi) is 56.3. The van der Waals surface area contributed by atoms with E-state index in [-0.39, 0.29) is 24.9 Å². The summed E-state index contributed by atoms with van der Waals surface area (Å²) in [5.74, 6) is -0.560. The van der Waals surface area contributed by atoms with Crippen molar-refractivity contribution >= 4 is 19.7 Å². The largest absolute Gasteiger partial charge is 0.756 e. The Morgan fingerprint density at radius 1 is 0.443 bits per heavy atom. The highest BCUT2D eigenvalue weighted by Gasteiger charge is 2.27. The molecule has 0 radical (unpaired) electrons. The first-order valence-electron chi connectivity index (χ1n) is 32.9. The predicted octanol–water partition coefficient (Wildman–Crippen LogP) is 19.9. The lowest BCUT2D eigenvalue weighted by molar-refractivity contribution is -0.870. The summed E-state index contributed by atoms with van der Waals surface area (Å²) in [7, 11) is 1.17. The zero-order chi connectivity index (χ0) is 57.9. The van der Waals surface area contributed by atoms with E-state index in [9.17, 15) is 19.0 Å². The van der Waals surface area contributed by atoms with Crippen LogP contribution in [0, 0.1) is 0 Å². The van der Waals surface area contributed by atoms with Gasteiger partial charge in [-0.1, -0.05) is 254 Å². The molecule has 9 nitrogen and oxygen atoms in total. The van der Waals surface area contributed by atoms with Crippen LogP contribution in [-0.4, -0.2) is 69.4 Å². The summed E-state index contributed by atoms with van der Waals surface area (Å²) in [5.41, 5.74) is 0. The standard InChI is InChI=1S/C69H125N2O7P/c1-7-10-13-16-19-22-25-28-30-32-33-34-35-36-37-39-41-44-47-50-53-56-59-62-69(73)78-67(60-57-54-51-48-45-42-27-24-21-18-15-12-9-3)66(65-77-79(74,75)76-64-63-71(4,5)6)70-68(72)61-58-55-52-49-46-43-40-38-31-29-26-23-20-17-14-11-8-2/h19-20,22-23,28-31,33-34,36-37,57,60,66-67H,7-18,21,24-27,32,35,38-56,58-59,61-65H2,1-6H3,(H-,70,72,74,75)/b22-19-,23-20-,30-28-,31-29-,34-33-,37-36-,60-57-. The summed E-state index contributed by atoms with van der Waals surface area (Å²) in [6, 6.07) is -0.902. The lowest BCUT2D eigenvalue weighted by atomic mass is 10.0. The number of phosphoric ester groups is 1. The van der Waals surface area contributed by atoms with Crippen LogP contribution in [0.25, 0.3) is 0 Å². The highest BCUT2D eigenvalue weighted by molar-refractivity contribution is 7.45. The Hall–Kier alpha value is -2.81. The molecule has 79 heavy (non-hydrogen) atoms. The second kappa shape index (κ2) is 58.4. The maximum absolute atomic E-state index is 13.6. The maximum Gasteiger partial charge on any atom is 0.306 e. The fourth-order valence-corrected chi connectivity index (χ4v) is 9.91. The zero-order valence-electron chi connectivity index (χ0n) is 52.3. The molecule has 0 saturated heterocycles. The van der Waals surface area contributed by atoms with E-state index < -0.39 is 26.6 Å². The number of nitrogens with one attached hydrogen (secondary N) is 1. The topological polar surface area (TPSA) is 114 Å². The van der Waals surface area contributed by atoms with Gasteiger partial charge in [-0.3, -0.25) is 14.2 Å². The molecule has 3 atom stereocenters. The summed E-state index contributed by atoms with van der Waals surface area (Å²) in [5, 5.41) is 3.03. The second-order valence-corrected chi connectivity index (χ2v) is 24.7. The van der Waals surface area contributed by atoms with Crippen LogP contribution >= 0.6 is 7.82 Å². The number of esters is 1. The molecule has 0 heterocycles. The number of quaternary nitrogens is 1. The van der Waals surface area contributed by atoms with Crippen molar-refractivity contribution in [2.45, 2.75) is 303 Å². The van der Waals surface area contributed by atoms with Gasteiger partial charge in [-0.2, -0.15) is 0 Å². The second-order valence-electron chi connectivity index (χ2n) is 23.3. The zero-order valence-corrected chi connectivity index (χ0v) is 53.2. The van der Waals surface area contributed by atoms with E-state index in [0.29, 0.717) is 23.9 Å². The average molecular weight is 1130 g/mol. The molecule has 458 valence electrons. The highest BCUT2D eigenvalue weighted by atomic mass is 31.2. The van der Waals surface area contributed by atoms with E-state index in [4.69, 9.17) is 13.8 Å². The third-order valence-electron chi connectivity index (χ3n) is 14.3. The van der Waals surface area contributed by atoms with Gasteiger partial charge in [0.05, 0.1) is 33.8 Å².